The van der Waals surface area contributed by atoms with Gasteiger partial charge in [-0.2, -0.15) is 0 Å². The molecule has 0 aliphatic carbocycles. The summed E-state index contributed by atoms with van der Waals surface area (Å²) in [6, 6.07) is 4.41. The fraction of sp³-hybridized carbons (Fsp3) is 0.417. The van der Waals surface area contributed by atoms with Crippen molar-refractivity contribution < 1.29 is 23.8 Å². The Morgan fingerprint density at radius 2 is 2.18 bits per heavy atom. The molecule has 0 radical (unpaired) electrons. The Morgan fingerprint density at radius 3 is 2.91 bits per heavy atom. The Labute approximate surface area is 197 Å². The van der Waals surface area contributed by atoms with Crippen molar-refractivity contribution in [3.8, 4) is 5.75 Å². The van der Waals surface area contributed by atoms with Gasteiger partial charge in [-0.1, -0.05) is 6.07 Å². The number of carbonyl (C=O) groups is 2. The van der Waals surface area contributed by atoms with Crippen molar-refractivity contribution in [3.05, 3.63) is 48.2 Å². The van der Waals surface area contributed by atoms with Gasteiger partial charge in [-0.05, 0) is 45.4 Å². The summed E-state index contributed by atoms with van der Waals surface area (Å²) < 4.78 is 11.5. The molecule has 34 heavy (non-hydrogen) atoms. The van der Waals surface area contributed by atoms with Gasteiger partial charge in [0.1, 0.15) is 17.6 Å². The van der Waals surface area contributed by atoms with Gasteiger partial charge in [-0.3, -0.25) is 19.9 Å². The van der Waals surface area contributed by atoms with E-state index in [1.807, 2.05) is 6.92 Å². The van der Waals surface area contributed by atoms with Crippen LogP contribution in [0.3, 0.4) is 0 Å². The van der Waals surface area contributed by atoms with Crippen molar-refractivity contribution in [1.82, 2.24) is 20.1 Å². The predicted octanol–water partition coefficient (Wildman–Crippen LogP) is 2.08. The fourth-order valence-electron chi connectivity index (χ4n) is 4.15. The number of hydrogen-bond acceptors (Lipinski definition) is 8. The molecule has 2 amide bonds. The van der Waals surface area contributed by atoms with Crippen LogP contribution in [-0.2, 0) is 9.59 Å². The zero-order chi connectivity index (χ0) is 24.6. The average molecular weight is 468 g/mol. The minimum atomic E-state index is -0.894. The molecule has 2 atom stereocenters. The topological polar surface area (TPSA) is 132 Å². The van der Waals surface area contributed by atoms with Crippen LogP contribution in [0.4, 0.5) is 0 Å². The number of oxazole rings is 1. The minimum Gasteiger partial charge on any atom is -0.457 e. The third-order valence-electron chi connectivity index (χ3n) is 5.68. The van der Waals surface area contributed by atoms with Gasteiger partial charge in [-0.25, -0.2) is 4.98 Å². The molecular weight excluding hydrogens is 438 g/mol. The molecule has 2 aliphatic rings. The highest BCUT2D eigenvalue weighted by molar-refractivity contribution is 6.07. The lowest BCUT2D eigenvalue weighted by Crippen LogP contribution is -2.44. The second-order valence-corrected chi connectivity index (χ2v) is 9.24. The number of benzene rings is 1. The van der Waals surface area contributed by atoms with Gasteiger partial charge in [0.2, 0.25) is 0 Å². The van der Waals surface area contributed by atoms with E-state index >= 15 is 0 Å². The molecule has 0 spiro atoms. The quantitative estimate of drug-likeness (QED) is 0.420. The van der Waals surface area contributed by atoms with Crippen LogP contribution >= 0.6 is 0 Å². The van der Waals surface area contributed by atoms with Gasteiger partial charge in [0.15, 0.2) is 22.7 Å². The summed E-state index contributed by atoms with van der Waals surface area (Å²) in [5.74, 6) is 0.826. The highest BCUT2D eigenvalue weighted by Gasteiger charge is 2.45. The number of amidine groups is 1. The molecule has 0 bridgehead atoms. The molecule has 1 aromatic carbocycles. The second kappa shape index (κ2) is 8.94. The van der Waals surface area contributed by atoms with E-state index < -0.39 is 11.6 Å². The molecule has 1 saturated heterocycles. The number of aromatic nitrogens is 1. The van der Waals surface area contributed by atoms with E-state index in [4.69, 9.17) is 14.6 Å². The van der Waals surface area contributed by atoms with Gasteiger partial charge >= 0.3 is 0 Å². The lowest BCUT2D eigenvalue weighted by Gasteiger charge is -2.23. The second-order valence-electron chi connectivity index (χ2n) is 9.24. The summed E-state index contributed by atoms with van der Waals surface area (Å²) in [5, 5.41) is 21.0. The molecule has 2 aromatic rings. The van der Waals surface area contributed by atoms with E-state index in [0.29, 0.717) is 41.5 Å². The molecule has 180 valence electrons. The highest BCUT2D eigenvalue weighted by Crippen LogP contribution is 2.31. The molecule has 1 fully saturated rings. The van der Waals surface area contributed by atoms with Crippen LogP contribution < -0.4 is 10.1 Å². The van der Waals surface area contributed by atoms with E-state index in [1.165, 1.54) is 28.2 Å². The molecule has 10 heteroatoms. The van der Waals surface area contributed by atoms with E-state index in [0.717, 1.165) is 0 Å². The van der Waals surface area contributed by atoms with Crippen LogP contribution in [0.25, 0.3) is 11.1 Å². The van der Waals surface area contributed by atoms with Gasteiger partial charge < -0.3 is 24.5 Å². The van der Waals surface area contributed by atoms with Crippen LogP contribution in [0, 0.1) is 12.3 Å². The zero-order valence-electron chi connectivity index (χ0n) is 19.7. The first-order chi connectivity index (χ1) is 16.0. The van der Waals surface area contributed by atoms with E-state index in [9.17, 15) is 14.7 Å². The smallest absolute Gasteiger partial charge is 0.251 e. The van der Waals surface area contributed by atoms with Gasteiger partial charge in [0.05, 0.1) is 12.1 Å². The molecule has 3 N–H and O–H groups in total. The fourth-order valence-corrected chi connectivity index (χ4v) is 4.15. The molecule has 0 saturated carbocycles. The van der Waals surface area contributed by atoms with Crippen LogP contribution in [0.5, 0.6) is 5.75 Å². The molecule has 4 rings (SSSR count). The largest absolute Gasteiger partial charge is 0.457 e. The summed E-state index contributed by atoms with van der Waals surface area (Å²) in [7, 11) is 0. The van der Waals surface area contributed by atoms with Crippen molar-refractivity contribution in [2.45, 2.75) is 51.8 Å². The van der Waals surface area contributed by atoms with Gasteiger partial charge in [0, 0.05) is 31.8 Å². The first kappa shape index (κ1) is 23.5. The van der Waals surface area contributed by atoms with Gasteiger partial charge in [-0.15, -0.1) is 0 Å². The maximum absolute atomic E-state index is 13.1. The molecule has 10 nitrogen and oxygen atoms in total. The van der Waals surface area contributed by atoms with Crippen molar-refractivity contribution in [1.29, 1.82) is 5.41 Å². The molecule has 1 aromatic heterocycles. The Bertz CT molecular complexity index is 1190. The maximum atomic E-state index is 13.1. The number of rotatable bonds is 7. The molecule has 3 heterocycles. The standard InChI is InChI=1S/C24H29N5O5/c1-14-10-17(23(31)29(14)20(25)8-9-26-13-24(3,4)32)28-12-16(11-21(28)30)34-19-7-5-6-18-22(19)27-15(2)33-18/h5-9,11,14,17,25-26,32H,10,12-13H2,1-4H3/b9-8-,25-20?/t14?,17-/m0/s1. The third-order valence-corrected chi connectivity index (χ3v) is 5.68. The minimum absolute atomic E-state index is 0.0207. The highest BCUT2D eigenvalue weighted by atomic mass is 16.5. The third kappa shape index (κ3) is 4.81. The Morgan fingerprint density at radius 1 is 1.41 bits per heavy atom. The van der Waals surface area contributed by atoms with Crippen LogP contribution in [0.1, 0.15) is 33.1 Å². The number of ether oxygens (including phenoxy) is 1. The summed E-state index contributed by atoms with van der Waals surface area (Å²) in [6.07, 6.45) is 4.81. The number of aryl methyl sites for hydroxylation is 1. The number of hydrogen-bond donors (Lipinski definition) is 3. The number of fused-ring (bicyclic) bond motifs is 1. The lowest BCUT2D eigenvalue weighted by atomic mass is 10.1. The van der Waals surface area contributed by atoms with Crippen molar-refractivity contribution in [2.75, 3.05) is 13.1 Å². The van der Waals surface area contributed by atoms with E-state index in [1.54, 1.807) is 39.0 Å². The van der Waals surface area contributed by atoms with Crippen LogP contribution in [-0.4, -0.2) is 68.3 Å². The SMILES string of the molecule is Cc1nc2c(OC3=CC(=O)N([C@H]4CC(C)N(C(=N)/C=C\NCC(C)(C)O)C4=O)C3)cccc2o1. The van der Waals surface area contributed by atoms with Crippen LogP contribution in [0.15, 0.2) is 46.7 Å². The Balaban J connectivity index is 1.41. The summed E-state index contributed by atoms with van der Waals surface area (Å²) in [5.41, 5.74) is 0.271. The number of nitrogens with one attached hydrogen (secondary N) is 2. The van der Waals surface area contributed by atoms with Gasteiger partial charge in [0.25, 0.3) is 11.8 Å². The molecular formula is C24H29N5O5. The Kier molecular flexibility index (Phi) is 6.18. The number of amides is 2. The molecule has 1 unspecified atom stereocenters. The van der Waals surface area contributed by atoms with Crippen LogP contribution in [0.2, 0.25) is 0 Å². The first-order valence-corrected chi connectivity index (χ1v) is 11.1. The summed E-state index contributed by atoms with van der Waals surface area (Å²) >= 11 is 0. The van der Waals surface area contributed by atoms with Crippen molar-refractivity contribution >= 4 is 28.7 Å². The first-order valence-electron chi connectivity index (χ1n) is 11.1. The summed E-state index contributed by atoms with van der Waals surface area (Å²) in [4.78, 5) is 33.1. The molecule has 2 aliphatic heterocycles. The zero-order valence-corrected chi connectivity index (χ0v) is 19.7. The summed E-state index contributed by atoms with van der Waals surface area (Å²) in [6.45, 7) is 7.40. The number of likely N-dealkylation sites (tertiary alicyclic amines) is 1. The lowest BCUT2D eigenvalue weighted by molar-refractivity contribution is -0.136. The predicted molar refractivity (Wildman–Crippen MR) is 125 cm³/mol. The number of aliphatic hydroxyl groups is 1. The van der Waals surface area contributed by atoms with Crippen molar-refractivity contribution in [3.63, 3.8) is 0 Å². The maximum Gasteiger partial charge on any atom is 0.251 e. The number of para-hydroxylation sites is 1. The number of carbonyl (C=O) groups excluding carboxylic acids is 2. The van der Waals surface area contributed by atoms with E-state index in [2.05, 4.69) is 10.3 Å². The monoisotopic (exact) mass is 467 g/mol. The number of nitrogens with zero attached hydrogens (tertiary/aromatic N) is 3. The normalized spacial score (nSPS) is 21.1. The van der Waals surface area contributed by atoms with E-state index in [-0.39, 0.29) is 30.2 Å². The average Bonchev–Trinajstić information content (AvgIpc) is 3.39. The van der Waals surface area contributed by atoms with Crippen molar-refractivity contribution in [2.24, 2.45) is 0 Å². The Hall–Kier alpha value is -3.66.